The summed E-state index contributed by atoms with van der Waals surface area (Å²) in [6.07, 6.45) is -4.03. The normalized spacial score (nSPS) is 14.2. The van der Waals surface area contributed by atoms with E-state index in [4.69, 9.17) is 0 Å². The zero-order valence-electron chi connectivity index (χ0n) is 7.31. The monoisotopic (exact) mass is 188 g/mol. The number of halogens is 3. The molecule has 0 fully saturated rings. The van der Waals surface area contributed by atoms with Gasteiger partial charge in [0.25, 0.3) is 0 Å². The molecule has 1 rings (SSSR count). The van der Waals surface area contributed by atoms with E-state index in [0.29, 0.717) is 0 Å². The highest BCUT2D eigenvalue weighted by atomic mass is 19.4. The second-order valence-corrected chi connectivity index (χ2v) is 3.13. The van der Waals surface area contributed by atoms with Gasteiger partial charge in [0.15, 0.2) is 0 Å². The molecular formula is C10H11F3. The van der Waals surface area contributed by atoms with Crippen molar-refractivity contribution in [3.05, 3.63) is 35.9 Å². The first-order chi connectivity index (χ1) is 6.00. The summed E-state index contributed by atoms with van der Waals surface area (Å²) in [6, 6.07) is 8.71. The minimum absolute atomic E-state index is 0.0599. The lowest BCUT2D eigenvalue weighted by Gasteiger charge is -2.14. The fraction of sp³-hybridized carbons (Fsp3) is 0.400. The molecule has 0 bridgehead atoms. The van der Waals surface area contributed by atoms with Crippen LogP contribution < -0.4 is 0 Å². The average Bonchev–Trinajstić information content (AvgIpc) is 2.04. The molecule has 0 aromatic heterocycles. The van der Waals surface area contributed by atoms with Crippen molar-refractivity contribution in [1.82, 2.24) is 0 Å². The third-order valence-corrected chi connectivity index (χ3v) is 1.94. The van der Waals surface area contributed by atoms with Crippen LogP contribution in [0.15, 0.2) is 30.3 Å². The summed E-state index contributed by atoms with van der Waals surface area (Å²) in [7, 11) is 0. The molecule has 0 saturated carbocycles. The number of rotatable bonds is 2. The molecule has 0 aliphatic carbocycles. The summed E-state index contributed by atoms with van der Waals surface area (Å²) in [4.78, 5) is 0. The van der Waals surface area contributed by atoms with Crippen molar-refractivity contribution in [3.8, 4) is 0 Å². The average molecular weight is 188 g/mol. The minimum atomic E-state index is -4.09. The summed E-state index contributed by atoms with van der Waals surface area (Å²) < 4.78 is 36.4. The van der Waals surface area contributed by atoms with Gasteiger partial charge < -0.3 is 0 Å². The summed E-state index contributed by atoms with van der Waals surface area (Å²) in [5, 5.41) is 0. The van der Waals surface area contributed by atoms with Crippen molar-refractivity contribution < 1.29 is 13.2 Å². The molecule has 3 heteroatoms. The lowest BCUT2D eigenvalue weighted by atomic mass is 10.0. The van der Waals surface area contributed by atoms with Gasteiger partial charge in [-0.25, -0.2) is 0 Å². The Morgan fingerprint density at radius 2 is 1.69 bits per heavy atom. The Hall–Kier alpha value is -0.990. The van der Waals surface area contributed by atoms with Crippen molar-refractivity contribution in [3.63, 3.8) is 0 Å². The van der Waals surface area contributed by atoms with Crippen LogP contribution in [0.4, 0.5) is 13.2 Å². The van der Waals surface area contributed by atoms with E-state index in [1.165, 1.54) is 6.92 Å². The van der Waals surface area contributed by atoms with E-state index in [1.54, 1.807) is 30.3 Å². The Kier molecular flexibility index (Phi) is 2.96. The Morgan fingerprint density at radius 1 is 1.15 bits per heavy atom. The van der Waals surface area contributed by atoms with E-state index in [-0.39, 0.29) is 6.42 Å². The van der Waals surface area contributed by atoms with Crippen LogP contribution in [0, 0.1) is 5.92 Å². The van der Waals surface area contributed by atoms with Crippen LogP contribution in [-0.4, -0.2) is 6.18 Å². The van der Waals surface area contributed by atoms with Gasteiger partial charge in [-0.1, -0.05) is 37.3 Å². The molecule has 1 atom stereocenters. The molecule has 0 heterocycles. The third-order valence-electron chi connectivity index (χ3n) is 1.94. The van der Waals surface area contributed by atoms with Crippen LogP contribution in [0.5, 0.6) is 0 Å². The van der Waals surface area contributed by atoms with Gasteiger partial charge in [-0.15, -0.1) is 0 Å². The number of benzene rings is 1. The van der Waals surface area contributed by atoms with Crippen LogP contribution in [0.25, 0.3) is 0 Å². The Balaban J connectivity index is 2.61. The van der Waals surface area contributed by atoms with Gasteiger partial charge >= 0.3 is 6.18 Å². The van der Waals surface area contributed by atoms with E-state index in [1.807, 2.05) is 0 Å². The molecule has 0 spiro atoms. The summed E-state index contributed by atoms with van der Waals surface area (Å²) in [6.45, 7) is 1.20. The van der Waals surface area contributed by atoms with Gasteiger partial charge in [0.2, 0.25) is 0 Å². The number of hydrogen-bond donors (Lipinski definition) is 0. The predicted octanol–water partition coefficient (Wildman–Crippen LogP) is 3.43. The standard InChI is InChI=1S/C10H11F3/c1-8(10(11,12)13)7-9-5-3-2-4-6-9/h2-6,8H,7H2,1H3/t8-/m0/s1. The van der Waals surface area contributed by atoms with E-state index < -0.39 is 12.1 Å². The maximum atomic E-state index is 12.1. The topological polar surface area (TPSA) is 0 Å². The maximum absolute atomic E-state index is 12.1. The van der Waals surface area contributed by atoms with Gasteiger partial charge in [0.1, 0.15) is 0 Å². The zero-order valence-corrected chi connectivity index (χ0v) is 7.31. The minimum Gasteiger partial charge on any atom is -0.171 e. The molecule has 0 nitrogen and oxygen atoms in total. The van der Waals surface area contributed by atoms with Crippen molar-refractivity contribution in [1.29, 1.82) is 0 Å². The van der Waals surface area contributed by atoms with Crippen LogP contribution in [0.1, 0.15) is 12.5 Å². The van der Waals surface area contributed by atoms with E-state index >= 15 is 0 Å². The van der Waals surface area contributed by atoms with E-state index in [9.17, 15) is 13.2 Å². The van der Waals surface area contributed by atoms with Gasteiger partial charge in [-0.2, -0.15) is 13.2 Å². The molecule has 13 heavy (non-hydrogen) atoms. The molecule has 0 N–H and O–H groups in total. The number of alkyl halides is 3. The van der Waals surface area contributed by atoms with Crippen LogP contribution in [-0.2, 0) is 6.42 Å². The summed E-state index contributed by atoms with van der Waals surface area (Å²) in [5.74, 6) is -1.27. The molecular weight excluding hydrogens is 177 g/mol. The maximum Gasteiger partial charge on any atom is 0.391 e. The second-order valence-electron chi connectivity index (χ2n) is 3.13. The van der Waals surface area contributed by atoms with Crippen molar-refractivity contribution in [2.75, 3.05) is 0 Å². The predicted molar refractivity (Wildman–Crippen MR) is 45.4 cm³/mol. The molecule has 1 aromatic carbocycles. The second kappa shape index (κ2) is 3.81. The molecule has 0 unspecified atom stereocenters. The molecule has 1 aromatic rings. The quantitative estimate of drug-likeness (QED) is 0.667. The van der Waals surface area contributed by atoms with Gasteiger partial charge in [0.05, 0.1) is 5.92 Å². The van der Waals surface area contributed by atoms with Crippen LogP contribution in [0.2, 0.25) is 0 Å². The van der Waals surface area contributed by atoms with E-state index in [0.717, 1.165) is 5.56 Å². The van der Waals surface area contributed by atoms with Crippen molar-refractivity contribution >= 4 is 0 Å². The molecule has 0 amide bonds. The lowest BCUT2D eigenvalue weighted by Crippen LogP contribution is -2.21. The van der Waals surface area contributed by atoms with E-state index in [2.05, 4.69) is 0 Å². The molecule has 0 aliphatic heterocycles. The fourth-order valence-electron chi connectivity index (χ4n) is 1.08. The Bertz CT molecular complexity index is 251. The number of hydrogen-bond acceptors (Lipinski definition) is 0. The first-order valence-corrected chi connectivity index (χ1v) is 4.11. The first-order valence-electron chi connectivity index (χ1n) is 4.11. The van der Waals surface area contributed by atoms with Crippen molar-refractivity contribution in [2.45, 2.75) is 19.5 Å². The SMILES string of the molecule is C[C@@H](Cc1ccccc1)C(F)(F)F. The Labute approximate surface area is 75.4 Å². The molecule has 72 valence electrons. The highest BCUT2D eigenvalue weighted by molar-refractivity contribution is 5.15. The summed E-state index contributed by atoms with van der Waals surface area (Å²) in [5.41, 5.74) is 0.729. The third kappa shape index (κ3) is 3.09. The smallest absolute Gasteiger partial charge is 0.171 e. The van der Waals surface area contributed by atoms with Crippen LogP contribution >= 0.6 is 0 Å². The first kappa shape index (κ1) is 10.1. The van der Waals surface area contributed by atoms with Gasteiger partial charge in [0, 0.05) is 0 Å². The molecule has 0 aliphatic rings. The molecule has 0 radical (unpaired) electrons. The lowest BCUT2D eigenvalue weighted by molar-refractivity contribution is -0.169. The fourth-order valence-corrected chi connectivity index (χ4v) is 1.08. The zero-order chi connectivity index (χ0) is 9.90. The van der Waals surface area contributed by atoms with Crippen LogP contribution in [0.3, 0.4) is 0 Å². The molecule has 0 saturated heterocycles. The van der Waals surface area contributed by atoms with Crippen molar-refractivity contribution in [2.24, 2.45) is 5.92 Å². The summed E-state index contributed by atoms with van der Waals surface area (Å²) >= 11 is 0. The van der Waals surface area contributed by atoms with Gasteiger partial charge in [-0.05, 0) is 12.0 Å². The highest BCUT2D eigenvalue weighted by Crippen LogP contribution is 2.28. The van der Waals surface area contributed by atoms with Gasteiger partial charge in [-0.3, -0.25) is 0 Å². The Morgan fingerprint density at radius 3 is 2.15 bits per heavy atom. The highest BCUT2D eigenvalue weighted by Gasteiger charge is 2.35. The largest absolute Gasteiger partial charge is 0.391 e.